The Bertz CT molecular complexity index is 2470. The average molecular weight is 1220 g/mol. The van der Waals surface area contributed by atoms with Crippen molar-refractivity contribution in [1.29, 1.82) is 10.5 Å². The molecule has 2 atom stereocenters. The molecule has 0 unspecified atom stereocenters. The van der Waals surface area contributed by atoms with Crippen molar-refractivity contribution in [1.82, 2.24) is 20.9 Å². The number of hydrogen-bond acceptors (Lipinski definition) is 11. The van der Waals surface area contributed by atoms with E-state index in [1.165, 1.54) is 10.0 Å². The Morgan fingerprint density at radius 1 is 0.704 bits per heavy atom. The van der Waals surface area contributed by atoms with Gasteiger partial charge in [-0.05, 0) is 147 Å². The fraction of sp³-hybridized carbons (Fsp3) is 0.392. The van der Waals surface area contributed by atoms with Crippen LogP contribution in [0.25, 0.3) is 0 Å². The number of nitrogens with one attached hydrogen (secondary N) is 2. The van der Waals surface area contributed by atoms with Crippen molar-refractivity contribution in [2.75, 3.05) is 11.9 Å². The molecule has 0 aromatic heterocycles. The average Bonchev–Trinajstić information content (AvgIpc) is 3.29. The molecule has 0 aliphatic carbocycles. The number of benzene rings is 4. The number of hydrogen-bond donors (Lipinski definition) is 3. The number of aryl methyl sites for hydroxylation is 4. The SMILES string of the molecule is CC[C@H](C(C)C)N(NC(=O)c1ccc(Br)c(O)c1C)C(=O)c1cc(C)cc(C)c1.CC[C@H](C(C)C)N(NC(=O)c1ccc(Br)c(OCC#N)c1C)C(=O)c1cc(C)cc(C)c1.N#CCBr.O=CO[O-].[H-].[K+].[K+]. The molecular formula is C51H63Br3K2N6O9. The van der Waals surface area contributed by atoms with E-state index in [4.69, 9.17) is 25.3 Å². The van der Waals surface area contributed by atoms with Gasteiger partial charge < -0.3 is 21.4 Å². The first kappa shape index (κ1) is 70.6. The van der Waals surface area contributed by atoms with Crippen LogP contribution in [0.2, 0.25) is 0 Å². The molecule has 374 valence electrons. The second-order valence-electron chi connectivity index (χ2n) is 16.5. The number of aromatic hydroxyl groups is 1. The topological polar surface area (TPSA) is 225 Å². The maximum atomic E-state index is 13.5. The minimum atomic E-state index is -0.429. The van der Waals surface area contributed by atoms with Crippen LogP contribution in [0.3, 0.4) is 0 Å². The number of ether oxygens (including phenoxy) is 1. The smallest absolute Gasteiger partial charge is 1.00 e. The minimum Gasteiger partial charge on any atom is -1.00 e. The Morgan fingerprint density at radius 3 is 1.37 bits per heavy atom. The number of rotatable bonds is 13. The van der Waals surface area contributed by atoms with Crippen LogP contribution in [0, 0.1) is 76.0 Å². The predicted octanol–water partition coefficient (Wildman–Crippen LogP) is 4.26. The molecule has 0 bridgehead atoms. The molecule has 0 heterocycles. The summed E-state index contributed by atoms with van der Waals surface area (Å²) in [6, 6.07) is 21.4. The number of nitriles is 2. The molecule has 71 heavy (non-hydrogen) atoms. The minimum absolute atomic E-state index is 0. The van der Waals surface area contributed by atoms with Crippen LogP contribution in [0.1, 0.15) is 131 Å². The normalized spacial score (nSPS) is 10.7. The van der Waals surface area contributed by atoms with Crippen molar-refractivity contribution in [2.24, 2.45) is 11.8 Å². The van der Waals surface area contributed by atoms with Gasteiger partial charge in [0, 0.05) is 33.4 Å². The van der Waals surface area contributed by atoms with Gasteiger partial charge in [0.2, 0.25) is 0 Å². The summed E-state index contributed by atoms with van der Waals surface area (Å²) in [5.41, 5.74) is 12.4. The maximum Gasteiger partial charge on any atom is 1.00 e. The van der Waals surface area contributed by atoms with Crippen molar-refractivity contribution in [3.63, 3.8) is 0 Å². The second kappa shape index (κ2) is 36.4. The van der Waals surface area contributed by atoms with Gasteiger partial charge in [0.05, 0.1) is 32.4 Å². The zero-order valence-corrected chi connectivity index (χ0v) is 54.1. The summed E-state index contributed by atoms with van der Waals surface area (Å²) in [5, 5.41) is 38.3. The van der Waals surface area contributed by atoms with Crippen LogP contribution in [0.4, 0.5) is 0 Å². The molecule has 0 spiro atoms. The Hall–Kier alpha value is -2.52. The summed E-state index contributed by atoms with van der Waals surface area (Å²) < 4.78 is 6.66. The first-order valence-electron chi connectivity index (χ1n) is 21.9. The third kappa shape index (κ3) is 22.5. The van der Waals surface area contributed by atoms with Gasteiger partial charge in [0.25, 0.3) is 30.1 Å². The largest absolute Gasteiger partial charge is 1.00 e. The van der Waals surface area contributed by atoms with Gasteiger partial charge in [-0.2, -0.15) is 10.5 Å². The van der Waals surface area contributed by atoms with Crippen LogP contribution in [-0.2, 0) is 9.68 Å². The summed E-state index contributed by atoms with van der Waals surface area (Å²) in [6.07, 6.45) is 1.38. The number of phenolic OH excluding ortho intramolecular Hbond substituents is 1. The number of halogens is 3. The second-order valence-corrected chi connectivity index (χ2v) is 18.7. The van der Waals surface area contributed by atoms with Crippen molar-refractivity contribution in [2.45, 2.75) is 108 Å². The van der Waals surface area contributed by atoms with Gasteiger partial charge in [0.1, 0.15) is 17.6 Å². The van der Waals surface area contributed by atoms with Gasteiger partial charge in [0.15, 0.2) is 6.61 Å². The monoisotopic (exact) mass is 1220 g/mol. The number of alkyl halides is 1. The van der Waals surface area contributed by atoms with Crippen molar-refractivity contribution in [3.8, 4) is 23.6 Å². The molecule has 0 aliphatic heterocycles. The van der Waals surface area contributed by atoms with E-state index in [2.05, 4.69) is 63.5 Å². The van der Waals surface area contributed by atoms with E-state index in [0.717, 1.165) is 22.3 Å². The van der Waals surface area contributed by atoms with E-state index in [9.17, 15) is 24.3 Å². The van der Waals surface area contributed by atoms with Crippen LogP contribution in [-0.4, -0.2) is 69.2 Å². The molecule has 0 fully saturated rings. The van der Waals surface area contributed by atoms with Crippen molar-refractivity contribution >= 4 is 77.9 Å². The van der Waals surface area contributed by atoms with Gasteiger partial charge in [-0.3, -0.25) is 34.8 Å². The Labute approximate surface area is 530 Å². The summed E-state index contributed by atoms with van der Waals surface area (Å²) in [4.78, 5) is 64.4. The van der Waals surface area contributed by atoms with Crippen LogP contribution in [0.15, 0.2) is 69.6 Å². The standard InChI is InChI=1S/C25H30BrN3O3.C23H29BrN2O3.C2H2BrN.CH2O3.2K.H/c1-7-22(15(2)3)29(25(31)19-13-16(4)12-17(5)14-19)28-24(30)20-8-9-21(26)23(18(20)6)32-11-10-27;1-7-20(13(2)3)26(23(29)17-11-14(4)10-15(5)12-17)25-22(28)18-8-9-19(24)21(27)16(18)6;3-1-2-4;2-1-4-3;;;/h8-9,12-15,22H,7,11H2,1-6H3,(H,28,30);8-13,20,27H,7H2,1-6H3,(H,25,28);1H2;1,3H;;;/q;;;;2*+1;-1/p-1/t22-;20-;;;;;/m11...../s1. The van der Waals surface area contributed by atoms with E-state index in [1.807, 2.05) is 118 Å². The number of phenols is 1. The first-order chi connectivity index (χ1) is 32.5. The molecule has 3 N–H and O–H groups in total. The van der Waals surface area contributed by atoms with Crippen LogP contribution < -0.4 is 124 Å². The molecule has 0 saturated heterocycles. The maximum absolute atomic E-state index is 13.5. The number of carbonyl (C=O) groups is 5. The quantitative estimate of drug-likeness (QED) is 0.0564. The van der Waals surface area contributed by atoms with E-state index in [1.54, 1.807) is 38.1 Å². The Kier molecular flexibility index (Phi) is 36.2. The molecule has 0 radical (unpaired) electrons. The predicted molar refractivity (Wildman–Crippen MR) is 275 cm³/mol. The molecule has 20 heteroatoms. The zero-order valence-electron chi connectivity index (χ0n) is 44.1. The van der Waals surface area contributed by atoms with Crippen LogP contribution >= 0.6 is 47.8 Å². The molecule has 0 aliphatic rings. The molecule has 4 rings (SSSR count). The number of hydrazine groups is 2. The Balaban J connectivity index is -0.00000111. The van der Waals surface area contributed by atoms with Gasteiger partial charge >= 0.3 is 103 Å². The van der Waals surface area contributed by atoms with Gasteiger partial charge in [-0.25, -0.2) is 10.0 Å². The third-order valence-corrected chi connectivity index (χ3v) is 12.0. The van der Waals surface area contributed by atoms with Gasteiger partial charge in [-0.1, -0.05) is 91.9 Å². The van der Waals surface area contributed by atoms with Crippen LogP contribution in [0.5, 0.6) is 11.5 Å². The summed E-state index contributed by atoms with van der Waals surface area (Å²) >= 11 is 9.54. The fourth-order valence-corrected chi connectivity index (χ4v) is 8.36. The van der Waals surface area contributed by atoms with E-state index >= 15 is 0 Å². The molecule has 4 amide bonds. The van der Waals surface area contributed by atoms with Gasteiger partial charge in [-0.15, -0.1) is 0 Å². The third-order valence-electron chi connectivity index (χ3n) is 10.5. The molecule has 4 aromatic rings. The van der Waals surface area contributed by atoms with E-state index in [-0.39, 0.29) is 159 Å². The summed E-state index contributed by atoms with van der Waals surface area (Å²) in [6.45, 7) is 23.0. The molecule has 15 nitrogen and oxygen atoms in total. The number of carbonyl (C=O) groups excluding carboxylic acids is 5. The van der Waals surface area contributed by atoms with Crippen molar-refractivity contribution in [3.05, 3.63) is 125 Å². The first-order valence-corrected chi connectivity index (χ1v) is 24.6. The molecule has 4 aromatic carbocycles. The fourth-order valence-electron chi connectivity index (χ4n) is 7.39. The van der Waals surface area contributed by atoms with E-state index in [0.29, 0.717) is 66.2 Å². The molecular weight excluding hydrogens is 1160 g/mol. The van der Waals surface area contributed by atoms with Crippen molar-refractivity contribution < 1.29 is 148 Å². The summed E-state index contributed by atoms with van der Waals surface area (Å²) in [5.74, 6) is -0.602. The summed E-state index contributed by atoms with van der Waals surface area (Å²) in [7, 11) is 0. The Morgan fingerprint density at radius 2 is 1.06 bits per heavy atom. The van der Waals surface area contributed by atoms with E-state index < -0.39 is 11.8 Å². The molecule has 0 saturated carbocycles. The number of amides is 4. The zero-order chi connectivity index (χ0) is 52.7. The number of nitrogens with zero attached hydrogens (tertiary/aromatic N) is 4.